The second kappa shape index (κ2) is 6.31. The van der Waals surface area contributed by atoms with Gasteiger partial charge in [-0.1, -0.05) is 23.2 Å². The van der Waals surface area contributed by atoms with E-state index in [2.05, 4.69) is 23.8 Å². The number of phenolic OH excluding ortho intramolecular Hbond substituents is 1. The van der Waals surface area contributed by atoms with E-state index in [1.807, 2.05) is 0 Å². The minimum absolute atomic E-state index is 0.149. The molecule has 1 aromatic rings. The van der Waals surface area contributed by atoms with Crippen molar-refractivity contribution in [1.29, 1.82) is 0 Å². The van der Waals surface area contributed by atoms with Crippen molar-refractivity contribution in [2.24, 2.45) is 0 Å². The highest BCUT2D eigenvalue weighted by Crippen LogP contribution is 2.32. The van der Waals surface area contributed by atoms with Crippen molar-refractivity contribution in [3.63, 3.8) is 0 Å². The molecule has 106 valence electrons. The number of aromatic hydroxyl groups is 1. The smallest absolute Gasteiger partial charge is 0.138 e. The van der Waals surface area contributed by atoms with Crippen LogP contribution in [0.1, 0.15) is 18.9 Å². The number of halogens is 2. The van der Waals surface area contributed by atoms with Crippen molar-refractivity contribution >= 4 is 23.2 Å². The Labute approximate surface area is 124 Å². The van der Waals surface area contributed by atoms with Gasteiger partial charge >= 0.3 is 0 Å². The molecule has 1 aliphatic heterocycles. The molecule has 1 saturated heterocycles. The van der Waals surface area contributed by atoms with Crippen LogP contribution in [0.15, 0.2) is 12.1 Å². The number of hydrogen-bond donors (Lipinski definition) is 1. The number of hydrogen-bond acceptors (Lipinski definition) is 3. The lowest BCUT2D eigenvalue weighted by Gasteiger charge is -2.28. The van der Waals surface area contributed by atoms with E-state index < -0.39 is 0 Å². The molecule has 0 aliphatic carbocycles. The van der Waals surface area contributed by atoms with Gasteiger partial charge in [0.1, 0.15) is 5.75 Å². The minimum atomic E-state index is 0.149. The minimum Gasteiger partial charge on any atom is -0.506 e. The van der Waals surface area contributed by atoms with E-state index in [0.29, 0.717) is 22.6 Å². The second-order valence-corrected chi connectivity index (χ2v) is 6.17. The molecule has 2 rings (SSSR count). The maximum Gasteiger partial charge on any atom is 0.138 e. The standard InChI is InChI=1S/C14H20Cl2N2O/c1-10-8-17(2)4-3-5-18(10)9-11-6-12(15)7-13(16)14(11)19/h6-7,10,19H,3-5,8-9H2,1-2H3. The van der Waals surface area contributed by atoms with E-state index in [-0.39, 0.29) is 5.75 Å². The highest BCUT2D eigenvalue weighted by Gasteiger charge is 2.21. The number of rotatable bonds is 2. The monoisotopic (exact) mass is 302 g/mol. The summed E-state index contributed by atoms with van der Waals surface area (Å²) in [6.45, 7) is 6.07. The first-order valence-corrected chi connectivity index (χ1v) is 7.32. The topological polar surface area (TPSA) is 26.7 Å². The Morgan fingerprint density at radius 2 is 2.05 bits per heavy atom. The molecule has 1 fully saturated rings. The predicted molar refractivity (Wildman–Crippen MR) is 80.1 cm³/mol. The van der Waals surface area contributed by atoms with E-state index in [1.54, 1.807) is 12.1 Å². The molecule has 1 aliphatic rings. The molecule has 3 nitrogen and oxygen atoms in total. The van der Waals surface area contributed by atoms with Gasteiger partial charge < -0.3 is 10.0 Å². The average molecular weight is 303 g/mol. The summed E-state index contributed by atoms with van der Waals surface area (Å²) < 4.78 is 0. The summed E-state index contributed by atoms with van der Waals surface area (Å²) in [6.07, 6.45) is 1.13. The van der Waals surface area contributed by atoms with E-state index in [1.165, 1.54) is 0 Å². The van der Waals surface area contributed by atoms with Gasteiger partial charge in [0.05, 0.1) is 5.02 Å². The van der Waals surface area contributed by atoms with Gasteiger partial charge in [-0.3, -0.25) is 4.90 Å². The van der Waals surface area contributed by atoms with Crippen LogP contribution in [0, 0.1) is 0 Å². The molecule has 19 heavy (non-hydrogen) atoms. The molecule has 0 radical (unpaired) electrons. The van der Waals surface area contributed by atoms with Crippen molar-refractivity contribution < 1.29 is 5.11 Å². The van der Waals surface area contributed by atoms with Crippen molar-refractivity contribution in [2.45, 2.75) is 25.9 Å². The molecule has 1 heterocycles. The Bertz CT molecular complexity index is 453. The van der Waals surface area contributed by atoms with Gasteiger partial charge in [-0.05, 0) is 39.1 Å². The number of nitrogens with zero attached hydrogens (tertiary/aromatic N) is 2. The van der Waals surface area contributed by atoms with E-state index in [0.717, 1.165) is 31.6 Å². The van der Waals surface area contributed by atoms with Crippen LogP contribution in [-0.4, -0.2) is 47.6 Å². The van der Waals surface area contributed by atoms with Crippen molar-refractivity contribution in [1.82, 2.24) is 9.80 Å². The lowest BCUT2D eigenvalue weighted by molar-refractivity contribution is 0.193. The van der Waals surface area contributed by atoms with E-state index in [9.17, 15) is 5.11 Å². The van der Waals surface area contributed by atoms with Crippen molar-refractivity contribution in [3.05, 3.63) is 27.7 Å². The number of phenols is 1. The second-order valence-electron chi connectivity index (χ2n) is 5.33. The lowest BCUT2D eigenvalue weighted by atomic mass is 10.1. The van der Waals surface area contributed by atoms with Crippen LogP contribution < -0.4 is 0 Å². The fraction of sp³-hybridized carbons (Fsp3) is 0.571. The van der Waals surface area contributed by atoms with Crippen LogP contribution in [-0.2, 0) is 6.54 Å². The zero-order valence-electron chi connectivity index (χ0n) is 11.4. The third-order valence-corrected chi connectivity index (χ3v) is 4.17. The van der Waals surface area contributed by atoms with Gasteiger partial charge in [-0.15, -0.1) is 0 Å². The molecular formula is C14H20Cl2N2O. The van der Waals surface area contributed by atoms with Gasteiger partial charge in [0, 0.05) is 36.3 Å². The third kappa shape index (κ3) is 3.76. The molecule has 0 saturated carbocycles. The number of likely N-dealkylation sites (N-methyl/N-ethyl adjacent to an activating group) is 1. The first-order chi connectivity index (χ1) is 8.97. The normalized spacial score (nSPS) is 22.4. The maximum atomic E-state index is 10.0. The Hall–Kier alpha value is -0.480. The highest BCUT2D eigenvalue weighted by molar-refractivity contribution is 6.35. The summed E-state index contributed by atoms with van der Waals surface area (Å²) in [5.74, 6) is 0.149. The highest BCUT2D eigenvalue weighted by atomic mass is 35.5. The molecule has 0 spiro atoms. The summed E-state index contributed by atoms with van der Waals surface area (Å²) in [4.78, 5) is 4.71. The summed E-state index contributed by atoms with van der Waals surface area (Å²) in [5.41, 5.74) is 0.800. The molecule has 0 bridgehead atoms. The SMILES string of the molecule is CC1CN(C)CCCN1Cc1cc(Cl)cc(Cl)c1O. The van der Waals surface area contributed by atoms with Crippen molar-refractivity contribution in [3.8, 4) is 5.75 Å². The molecule has 1 aromatic carbocycles. The first-order valence-electron chi connectivity index (χ1n) is 6.57. The molecule has 1 N–H and O–H groups in total. The van der Waals surface area contributed by atoms with Gasteiger partial charge in [-0.25, -0.2) is 0 Å². The lowest BCUT2D eigenvalue weighted by Crippen LogP contribution is -2.37. The zero-order chi connectivity index (χ0) is 14.0. The fourth-order valence-corrected chi connectivity index (χ4v) is 3.15. The Kier molecular flexibility index (Phi) is 4.96. The molecular weight excluding hydrogens is 283 g/mol. The average Bonchev–Trinajstić information content (AvgIpc) is 2.47. The van der Waals surface area contributed by atoms with Gasteiger partial charge in [0.15, 0.2) is 0 Å². The summed E-state index contributed by atoms with van der Waals surface area (Å²) in [7, 11) is 2.15. The van der Waals surface area contributed by atoms with E-state index >= 15 is 0 Å². The van der Waals surface area contributed by atoms with Gasteiger partial charge in [0.25, 0.3) is 0 Å². The third-order valence-electron chi connectivity index (χ3n) is 3.66. The van der Waals surface area contributed by atoms with Crippen molar-refractivity contribution in [2.75, 3.05) is 26.7 Å². The Morgan fingerprint density at radius 1 is 1.32 bits per heavy atom. The predicted octanol–water partition coefficient (Wildman–Crippen LogP) is 3.23. The molecule has 1 unspecified atom stereocenters. The van der Waals surface area contributed by atoms with Crippen LogP contribution in [0.5, 0.6) is 5.75 Å². The van der Waals surface area contributed by atoms with Crippen LogP contribution in [0.4, 0.5) is 0 Å². The Balaban J connectivity index is 2.16. The van der Waals surface area contributed by atoms with Crippen LogP contribution in [0.2, 0.25) is 10.0 Å². The summed E-state index contributed by atoms with van der Waals surface area (Å²) in [6, 6.07) is 3.82. The van der Waals surface area contributed by atoms with Gasteiger partial charge in [0.2, 0.25) is 0 Å². The quantitative estimate of drug-likeness (QED) is 0.908. The largest absolute Gasteiger partial charge is 0.506 e. The first kappa shape index (κ1) is 14.9. The Morgan fingerprint density at radius 3 is 2.79 bits per heavy atom. The van der Waals surface area contributed by atoms with Gasteiger partial charge in [-0.2, -0.15) is 0 Å². The maximum absolute atomic E-state index is 10.0. The molecule has 0 aromatic heterocycles. The van der Waals surface area contributed by atoms with Crippen LogP contribution in [0.3, 0.4) is 0 Å². The van der Waals surface area contributed by atoms with Crippen LogP contribution >= 0.6 is 23.2 Å². The molecule has 5 heteroatoms. The number of benzene rings is 1. The molecule has 0 amide bonds. The fourth-order valence-electron chi connectivity index (χ4n) is 2.62. The summed E-state index contributed by atoms with van der Waals surface area (Å²) >= 11 is 12.0. The van der Waals surface area contributed by atoms with E-state index in [4.69, 9.17) is 23.2 Å². The molecule has 1 atom stereocenters. The zero-order valence-corrected chi connectivity index (χ0v) is 12.9. The summed E-state index contributed by atoms with van der Waals surface area (Å²) in [5, 5.41) is 10.9. The van der Waals surface area contributed by atoms with Crippen LogP contribution in [0.25, 0.3) is 0 Å².